The van der Waals surface area contributed by atoms with Crippen LogP contribution in [0.2, 0.25) is 0 Å². The average Bonchev–Trinajstić information content (AvgIpc) is 3.22. The molecule has 27 heavy (non-hydrogen) atoms. The minimum absolute atomic E-state index is 0.190. The van der Waals surface area contributed by atoms with Gasteiger partial charge in [0.25, 0.3) is 0 Å². The first-order valence-corrected chi connectivity index (χ1v) is 10.3. The Labute approximate surface area is 163 Å². The molecule has 1 saturated heterocycles. The number of guanidine groups is 1. The fraction of sp³-hybridized carbons (Fsp3) is 0.619. The van der Waals surface area contributed by atoms with Crippen molar-refractivity contribution in [2.75, 3.05) is 51.2 Å². The highest BCUT2D eigenvalue weighted by atomic mass is 16.1. The van der Waals surface area contributed by atoms with Crippen molar-refractivity contribution >= 4 is 17.6 Å². The van der Waals surface area contributed by atoms with Gasteiger partial charge in [-0.05, 0) is 30.9 Å². The summed E-state index contributed by atoms with van der Waals surface area (Å²) >= 11 is 0. The second kappa shape index (κ2) is 10.2. The van der Waals surface area contributed by atoms with Crippen molar-refractivity contribution < 1.29 is 4.79 Å². The topological polar surface area (TPSA) is 60.0 Å². The molecule has 3 rings (SSSR count). The molecule has 0 bridgehead atoms. The van der Waals surface area contributed by atoms with Crippen LogP contribution in [0, 0.1) is 5.92 Å². The second-order valence-electron chi connectivity index (χ2n) is 7.49. The summed E-state index contributed by atoms with van der Waals surface area (Å²) in [5, 5.41) is 6.42. The molecule has 2 N–H and O–H groups in total. The smallest absolute Gasteiger partial charge is 0.220 e. The number of benzene rings is 1. The van der Waals surface area contributed by atoms with Gasteiger partial charge in [-0.1, -0.05) is 31.0 Å². The van der Waals surface area contributed by atoms with Crippen molar-refractivity contribution in [1.29, 1.82) is 0 Å². The first-order chi connectivity index (χ1) is 13.3. The Bertz CT molecular complexity index is 604. The lowest BCUT2D eigenvalue weighted by Gasteiger charge is -2.37. The van der Waals surface area contributed by atoms with E-state index in [1.807, 2.05) is 7.05 Å². The van der Waals surface area contributed by atoms with E-state index in [4.69, 9.17) is 0 Å². The molecule has 1 amide bonds. The number of nitrogens with one attached hydrogen (secondary N) is 2. The number of para-hydroxylation sites is 1. The van der Waals surface area contributed by atoms with Crippen LogP contribution in [0.4, 0.5) is 5.69 Å². The Hall–Kier alpha value is -2.24. The fourth-order valence-electron chi connectivity index (χ4n) is 4.07. The van der Waals surface area contributed by atoms with Crippen LogP contribution >= 0.6 is 0 Å². The zero-order valence-electron chi connectivity index (χ0n) is 16.5. The summed E-state index contributed by atoms with van der Waals surface area (Å²) in [5.41, 5.74) is 1.28. The van der Waals surface area contributed by atoms with Crippen LogP contribution in [0.3, 0.4) is 0 Å². The molecule has 1 saturated carbocycles. The van der Waals surface area contributed by atoms with Crippen LogP contribution in [0.5, 0.6) is 0 Å². The lowest BCUT2D eigenvalue weighted by atomic mass is 10.0. The molecule has 0 atom stereocenters. The molecule has 0 unspecified atom stereocenters. The third-order valence-corrected chi connectivity index (χ3v) is 5.59. The van der Waals surface area contributed by atoms with E-state index < -0.39 is 0 Å². The van der Waals surface area contributed by atoms with E-state index in [0.717, 1.165) is 32.1 Å². The van der Waals surface area contributed by atoms with Gasteiger partial charge in [-0.15, -0.1) is 0 Å². The standard InChI is InChI=1S/C21H33N5O/c1-22-21(24-12-11-23-20(27)17-18-7-5-6-8-18)26-15-13-25(14-16-26)19-9-3-2-4-10-19/h2-4,9-10,18H,5-8,11-17H2,1H3,(H,22,24)(H,23,27). The van der Waals surface area contributed by atoms with Crippen LogP contribution < -0.4 is 15.5 Å². The van der Waals surface area contributed by atoms with Crippen molar-refractivity contribution in [3.63, 3.8) is 0 Å². The molecular weight excluding hydrogens is 338 g/mol. The first kappa shape index (κ1) is 19.5. The monoisotopic (exact) mass is 371 g/mol. The molecule has 1 aliphatic carbocycles. The van der Waals surface area contributed by atoms with Gasteiger partial charge in [-0.3, -0.25) is 9.79 Å². The predicted octanol–water partition coefficient (Wildman–Crippen LogP) is 2.08. The lowest BCUT2D eigenvalue weighted by molar-refractivity contribution is -0.121. The van der Waals surface area contributed by atoms with Gasteiger partial charge in [0.05, 0.1) is 0 Å². The Morgan fingerprint density at radius 3 is 2.37 bits per heavy atom. The number of rotatable bonds is 6. The van der Waals surface area contributed by atoms with Crippen molar-refractivity contribution in [2.45, 2.75) is 32.1 Å². The largest absolute Gasteiger partial charge is 0.368 e. The van der Waals surface area contributed by atoms with Gasteiger partial charge in [-0.25, -0.2) is 0 Å². The summed E-state index contributed by atoms with van der Waals surface area (Å²) in [7, 11) is 1.82. The third kappa shape index (κ3) is 5.88. The SMILES string of the molecule is CN=C(NCCNC(=O)CC1CCCC1)N1CCN(c2ccccc2)CC1. The summed E-state index contributed by atoms with van der Waals surface area (Å²) in [4.78, 5) is 21.1. The van der Waals surface area contributed by atoms with Crippen LogP contribution in [0.1, 0.15) is 32.1 Å². The maximum atomic E-state index is 12.0. The Balaban J connectivity index is 1.34. The van der Waals surface area contributed by atoms with Crippen LogP contribution in [-0.2, 0) is 4.79 Å². The molecule has 148 valence electrons. The molecule has 2 fully saturated rings. The Morgan fingerprint density at radius 2 is 1.70 bits per heavy atom. The van der Waals surface area contributed by atoms with Gasteiger partial charge in [0.1, 0.15) is 0 Å². The molecule has 6 nitrogen and oxygen atoms in total. The zero-order valence-corrected chi connectivity index (χ0v) is 16.5. The van der Waals surface area contributed by atoms with Gasteiger partial charge in [0.2, 0.25) is 5.91 Å². The molecule has 0 radical (unpaired) electrons. The van der Waals surface area contributed by atoms with E-state index in [1.54, 1.807) is 0 Å². The summed E-state index contributed by atoms with van der Waals surface area (Å²) in [5.74, 6) is 1.72. The molecule has 2 aliphatic rings. The molecule has 1 aliphatic heterocycles. The number of aliphatic imine (C=N–C) groups is 1. The van der Waals surface area contributed by atoms with Crippen molar-refractivity contribution in [2.24, 2.45) is 10.9 Å². The van der Waals surface area contributed by atoms with Gasteiger partial charge in [-0.2, -0.15) is 0 Å². The molecule has 1 aromatic rings. The maximum absolute atomic E-state index is 12.0. The Morgan fingerprint density at radius 1 is 1.04 bits per heavy atom. The maximum Gasteiger partial charge on any atom is 0.220 e. The second-order valence-corrected chi connectivity index (χ2v) is 7.49. The number of carbonyl (C=O) groups is 1. The van der Waals surface area contributed by atoms with E-state index in [9.17, 15) is 4.79 Å². The van der Waals surface area contributed by atoms with Crippen molar-refractivity contribution in [1.82, 2.24) is 15.5 Å². The number of amides is 1. The molecule has 0 aromatic heterocycles. The highest BCUT2D eigenvalue weighted by molar-refractivity contribution is 5.80. The summed E-state index contributed by atoms with van der Waals surface area (Å²) in [6.45, 7) is 5.23. The number of hydrogen-bond donors (Lipinski definition) is 2. The number of carbonyl (C=O) groups excluding carboxylic acids is 1. The van der Waals surface area contributed by atoms with Crippen molar-refractivity contribution in [3.05, 3.63) is 30.3 Å². The van der Waals surface area contributed by atoms with E-state index in [0.29, 0.717) is 25.4 Å². The van der Waals surface area contributed by atoms with Gasteiger partial charge < -0.3 is 20.4 Å². The van der Waals surface area contributed by atoms with Gasteiger partial charge in [0.15, 0.2) is 5.96 Å². The van der Waals surface area contributed by atoms with E-state index in [2.05, 4.69) is 55.8 Å². The minimum atomic E-state index is 0.190. The van der Waals surface area contributed by atoms with Crippen molar-refractivity contribution in [3.8, 4) is 0 Å². The van der Waals surface area contributed by atoms with E-state index in [1.165, 1.54) is 31.4 Å². The normalized spacial score (nSPS) is 18.6. The van der Waals surface area contributed by atoms with Crippen LogP contribution in [0.15, 0.2) is 35.3 Å². The van der Waals surface area contributed by atoms with Gasteiger partial charge >= 0.3 is 0 Å². The highest BCUT2D eigenvalue weighted by Crippen LogP contribution is 2.27. The van der Waals surface area contributed by atoms with Crippen LogP contribution in [-0.4, -0.2) is 63.1 Å². The zero-order chi connectivity index (χ0) is 18.9. The molecule has 0 spiro atoms. The number of nitrogens with zero attached hydrogens (tertiary/aromatic N) is 3. The molecular formula is C21H33N5O. The minimum Gasteiger partial charge on any atom is -0.368 e. The first-order valence-electron chi connectivity index (χ1n) is 10.3. The average molecular weight is 372 g/mol. The molecule has 1 aromatic carbocycles. The lowest BCUT2D eigenvalue weighted by Crippen LogP contribution is -2.53. The number of piperazine rings is 1. The quantitative estimate of drug-likeness (QED) is 0.457. The summed E-state index contributed by atoms with van der Waals surface area (Å²) < 4.78 is 0. The van der Waals surface area contributed by atoms with Gasteiger partial charge in [0, 0.05) is 58.4 Å². The molecule has 6 heteroatoms. The number of anilines is 1. The number of hydrogen-bond acceptors (Lipinski definition) is 3. The molecule has 1 heterocycles. The fourth-order valence-corrected chi connectivity index (χ4v) is 4.07. The highest BCUT2D eigenvalue weighted by Gasteiger charge is 2.20. The summed E-state index contributed by atoms with van der Waals surface area (Å²) in [6.07, 6.45) is 5.69. The van der Waals surface area contributed by atoms with E-state index >= 15 is 0 Å². The van der Waals surface area contributed by atoms with E-state index in [-0.39, 0.29) is 5.91 Å². The predicted molar refractivity (Wildman–Crippen MR) is 111 cm³/mol. The summed E-state index contributed by atoms with van der Waals surface area (Å²) in [6, 6.07) is 10.6. The Kier molecular flexibility index (Phi) is 7.36. The third-order valence-electron chi connectivity index (χ3n) is 5.59. The van der Waals surface area contributed by atoms with Crippen LogP contribution in [0.25, 0.3) is 0 Å².